The van der Waals surface area contributed by atoms with Gasteiger partial charge in [0.2, 0.25) is 0 Å². The van der Waals surface area contributed by atoms with Crippen LogP contribution in [0.15, 0.2) is 12.1 Å². The van der Waals surface area contributed by atoms with E-state index in [1.807, 2.05) is 0 Å². The zero-order chi connectivity index (χ0) is 13.7. The number of aromatic hydroxyl groups is 1. The molecule has 0 aromatic heterocycles. The first-order valence-electron chi connectivity index (χ1n) is 5.48. The van der Waals surface area contributed by atoms with Crippen molar-refractivity contribution in [2.24, 2.45) is 0 Å². The van der Waals surface area contributed by atoms with Crippen molar-refractivity contribution in [1.29, 1.82) is 0 Å². The van der Waals surface area contributed by atoms with E-state index in [9.17, 15) is 14.7 Å². The summed E-state index contributed by atoms with van der Waals surface area (Å²) in [4.78, 5) is 23.3. The average molecular weight is 253 g/mol. The van der Waals surface area contributed by atoms with Crippen molar-refractivity contribution in [1.82, 2.24) is 0 Å². The fourth-order valence-corrected chi connectivity index (χ4v) is 1.36. The van der Waals surface area contributed by atoms with Crippen LogP contribution >= 0.6 is 0 Å². The number of esters is 2. The molecule has 0 atom stereocenters. The maximum atomic E-state index is 11.7. The molecule has 0 bridgehead atoms. The molecular weight excluding hydrogens is 238 g/mol. The van der Waals surface area contributed by atoms with Crippen molar-refractivity contribution in [3.63, 3.8) is 0 Å². The van der Waals surface area contributed by atoms with Gasteiger partial charge in [-0.05, 0) is 26.0 Å². The van der Waals surface area contributed by atoms with E-state index in [1.54, 1.807) is 13.8 Å². The van der Waals surface area contributed by atoms with Gasteiger partial charge in [-0.3, -0.25) is 0 Å². The Morgan fingerprint density at radius 2 is 1.56 bits per heavy atom. The number of nitrogens with two attached hydrogens (primary N) is 1. The molecule has 0 amide bonds. The second-order valence-corrected chi connectivity index (χ2v) is 3.40. The fraction of sp³-hybridized carbons (Fsp3) is 0.333. The number of carbonyl (C=O) groups is 2. The molecule has 0 unspecified atom stereocenters. The third-order valence-corrected chi connectivity index (χ3v) is 2.16. The van der Waals surface area contributed by atoms with Gasteiger partial charge in [0, 0.05) is 0 Å². The highest BCUT2D eigenvalue weighted by Gasteiger charge is 2.21. The summed E-state index contributed by atoms with van der Waals surface area (Å²) in [5.41, 5.74) is 5.39. The Kier molecular flexibility index (Phi) is 4.53. The zero-order valence-electron chi connectivity index (χ0n) is 10.2. The number of ether oxygens (including phenoxy) is 2. The van der Waals surface area contributed by atoms with Gasteiger partial charge in [0.1, 0.15) is 5.75 Å². The molecule has 0 saturated carbocycles. The molecule has 1 aromatic carbocycles. The predicted octanol–water partition coefficient (Wildman–Crippen LogP) is 1.33. The van der Waals surface area contributed by atoms with Crippen LogP contribution < -0.4 is 5.73 Å². The topological polar surface area (TPSA) is 98.9 Å². The zero-order valence-corrected chi connectivity index (χ0v) is 10.2. The summed E-state index contributed by atoms with van der Waals surface area (Å²) in [6.45, 7) is 3.61. The van der Waals surface area contributed by atoms with Crippen LogP contribution in [0.1, 0.15) is 34.6 Å². The lowest BCUT2D eigenvalue weighted by atomic mass is 10.1. The van der Waals surface area contributed by atoms with E-state index in [0.717, 1.165) is 6.07 Å². The molecule has 0 aliphatic carbocycles. The summed E-state index contributed by atoms with van der Waals surface area (Å²) in [6.07, 6.45) is 0. The summed E-state index contributed by atoms with van der Waals surface area (Å²) in [5, 5.41) is 9.47. The van der Waals surface area contributed by atoms with Crippen molar-refractivity contribution in [2.75, 3.05) is 18.9 Å². The molecule has 0 aliphatic rings. The molecule has 0 aliphatic heterocycles. The lowest BCUT2D eigenvalue weighted by molar-refractivity contribution is 0.0478. The molecule has 6 heteroatoms. The van der Waals surface area contributed by atoms with Gasteiger partial charge in [0.15, 0.2) is 0 Å². The van der Waals surface area contributed by atoms with Crippen LogP contribution in [0, 0.1) is 0 Å². The molecule has 18 heavy (non-hydrogen) atoms. The van der Waals surface area contributed by atoms with Gasteiger partial charge in [-0.15, -0.1) is 0 Å². The Bertz CT molecular complexity index is 427. The van der Waals surface area contributed by atoms with E-state index in [2.05, 4.69) is 0 Å². The standard InChI is InChI=1S/C12H15NO5/c1-3-17-11(15)7-5-9(13)10(14)6-8(7)12(16)18-4-2/h5-6,14H,3-4,13H2,1-2H3. The van der Waals surface area contributed by atoms with E-state index in [0.29, 0.717) is 0 Å². The molecule has 0 saturated heterocycles. The van der Waals surface area contributed by atoms with Crippen molar-refractivity contribution in [3.8, 4) is 5.75 Å². The number of phenols is 1. The summed E-state index contributed by atoms with van der Waals surface area (Å²) < 4.78 is 9.60. The summed E-state index contributed by atoms with van der Waals surface area (Å²) in [7, 11) is 0. The highest BCUT2D eigenvalue weighted by atomic mass is 16.5. The number of phenolic OH excluding ortho intramolecular Hbond substituents is 1. The Morgan fingerprint density at radius 3 is 2.00 bits per heavy atom. The minimum Gasteiger partial charge on any atom is -0.506 e. The van der Waals surface area contributed by atoms with Crippen LogP contribution in [0.25, 0.3) is 0 Å². The highest BCUT2D eigenvalue weighted by Crippen LogP contribution is 2.26. The Morgan fingerprint density at radius 1 is 1.11 bits per heavy atom. The smallest absolute Gasteiger partial charge is 0.339 e. The molecule has 0 spiro atoms. The minimum atomic E-state index is -0.712. The number of carbonyl (C=O) groups excluding carboxylic acids is 2. The van der Waals surface area contributed by atoms with Gasteiger partial charge in [-0.1, -0.05) is 0 Å². The van der Waals surface area contributed by atoms with Gasteiger partial charge in [0.25, 0.3) is 0 Å². The van der Waals surface area contributed by atoms with Crippen LogP contribution in [0.4, 0.5) is 5.69 Å². The van der Waals surface area contributed by atoms with Crippen LogP contribution in [0.2, 0.25) is 0 Å². The minimum absolute atomic E-state index is 0.00824. The molecule has 1 aromatic rings. The van der Waals surface area contributed by atoms with Crippen LogP contribution in [0.3, 0.4) is 0 Å². The van der Waals surface area contributed by atoms with Gasteiger partial charge in [-0.2, -0.15) is 0 Å². The van der Waals surface area contributed by atoms with E-state index in [1.165, 1.54) is 6.07 Å². The van der Waals surface area contributed by atoms with Gasteiger partial charge in [-0.25, -0.2) is 9.59 Å². The lowest BCUT2D eigenvalue weighted by Gasteiger charge is -2.10. The van der Waals surface area contributed by atoms with Crippen molar-refractivity contribution >= 4 is 17.6 Å². The SMILES string of the molecule is CCOC(=O)c1cc(N)c(O)cc1C(=O)OCC. The quantitative estimate of drug-likeness (QED) is 0.477. The average Bonchev–Trinajstić information content (AvgIpc) is 2.32. The normalized spacial score (nSPS) is 9.89. The Labute approximate surface area is 104 Å². The monoisotopic (exact) mass is 253 g/mol. The summed E-state index contributed by atoms with van der Waals surface area (Å²) in [5.74, 6) is -1.69. The van der Waals surface area contributed by atoms with Gasteiger partial charge < -0.3 is 20.3 Å². The second kappa shape index (κ2) is 5.90. The molecule has 1 rings (SSSR count). The Balaban J connectivity index is 3.25. The third kappa shape index (κ3) is 2.91. The molecule has 6 nitrogen and oxygen atoms in total. The van der Waals surface area contributed by atoms with E-state index in [4.69, 9.17) is 15.2 Å². The largest absolute Gasteiger partial charge is 0.506 e. The van der Waals surface area contributed by atoms with Crippen molar-refractivity contribution in [2.45, 2.75) is 13.8 Å². The Hall–Kier alpha value is -2.24. The molecule has 3 N–H and O–H groups in total. The lowest BCUT2D eigenvalue weighted by Crippen LogP contribution is -2.14. The number of hydrogen-bond acceptors (Lipinski definition) is 6. The molecule has 98 valence electrons. The first-order chi connectivity index (χ1) is 8.51. The fourth-order valence-electron chi connectivity index (χ4n) is 1.36. The van der Waals surface area contributed by atoms with Crippen LogP contribution in [-0.4, -0.2) is 30.3 Å². The second-order valence-electron chi connectivity index (χ2n) is 3.40. The molecule has 0 fully saturated rings. The maximum absolute atomic E-state index is 11.7. The van der Waals surface area contributed by atoms with E-state index >= 15 is 0 Å². The van der Waals surface area contributed by atoms with Crippen LogP contribution in [0.5, 0.6) is 5.75 Å². The summed E-state index contributed by atoms with van der Waals surface area (Å²) in [6, 6.07) is 2.29. The van der Waals surface area contributed by atoms with Gasteiger partial charge >= 0.3 is 11.9 Å². The highest BCUT2D eigenvalue weighted by molar-refractivity contribution is 6.04. The maximum Gasteiger partial charge on any atom is 0.339 e. The van der Waals surface area contributed by atoms with Crippen molar-refractivity contribution in [3.05, 3.63) is 23.3 Å². The summed E-state index contributed by atoms with van der Waals surface area (Å²) >= 11 is 0. The van der Waals surface area contributed by atoms with Crippen LogP contribution in [-0.2, 0) is 9.47 Å². The molecular formula is C12H15NO5. The number of nitrogen functional groups attached to an aromatic ring is 1. The number of hydrogen-bond donors (Lipinski definition) is 2. The third-order valence-electron chi connectivity index (χ3n) is 2.16. The predicted molar refractivity (Wildman–Crippen MR) is 64.4 cm³/mol. The molecule has 0 radical (unpaired) electrons. The van der Waals surface area contributed by atoms with Crippen molar-refractivity contribution < 1.29 is 24.2 Å². The first kappa shape index (κ1) is 13.8. The number of anilines is 1. The first-order valence-corrected chi connectivity index (χ1v) is 5.48. The number of rotatable bonds is 4. The van der Waals surface area contributed by atoms with Gasteiger partial charge in [0.05, 0.1) is 30.0 Å². The van der Waals surface area contributed by atoms with E-state index < -0.39 is 11.9 Å². The molecule has 0 heterocycles. The van der Waals surface area contributed by atoms with E-state index in [-0.39, 0.29) is 35.8 Å². The number of benzene rings is 1.